The van der Waals surface area contributed by atoms with Gasteiger partial charge in [0.15, 0.2) is 16.6 Å². The Labute approximate surface area is 179 Å². The Balaban J connectivity index is 1.86. The lowest BCUT2D eigenvalue weighted by Crippen LogP contribution is -2.31. The Bertz CT molecular complexity index is 984. The number of halogens is 6. The van der Waals surface area contributed by atoms with Crippen molar-refractivity contribution >= 4 is 40.2 Å². The maximum atomic E-state index is 14.8. The zero-order valence-electron chi connectivity index (χ0n) is 16.4. The molecule has 3 rings (SSSR count). The molecule has 2 heterocycles. The molecule has 0 aliphatic carbocycles. The summed E-state index contributed by atoms with van der Waals surface area (Å²) in [5, 5.41) is 1.15. The molecule has 0 unspecified atom stereocenters. The highest BCUT2D eigenvalue weighted by Gasteiger charge is 2.37. The number of carbonyl (C=O) groups excluding carboxylic acids is 1. The summed E-state index contributed by atoms with van der Waals surface area (Å²) in [7, 11) is 0. The van der Waals surface area contributed by atoms with Gasteiger partial charge in [-0.15, -0.1) is 11.3 Å². The first kappa shape index (κ1) is 22.7. The van der Waals surface area contributed by atoms with Crippen molar-refractivity contribution < 1.29 is 26.7 Å². The average molecular weight is 468 g/mol. The summed E-state index contributed by atoms with van der Waals surface area (Å²) in [6, 6.07) is 1.17. The van der Waals surface area contributed by atoms with Crippen LogP contribution in [-0.4, -0.2) is 17.4 Å². The smallest absolute Gasteiger partial charge is 0.363 e. The summed E-state index contributed by atoms with van der Waals surface area (Å²) in [5.74, 6) is -3.05. The van der Waals surface area contributed by atoms with Crippen LogP contribution in [-0.2, 0) is 23.9 Å². The van der Waals surface area contributed by atoms with Crippen molar-refractivity contribution in [3.63, 3.8) is 0 Å². The second-order valence-electron chi connectivity index (χ2n) is 8.22. The van der Waals surface area contributed by atoms with Gasteiger partial charge in [-0.1, -0.05) is 32.4 Å². The molecule has 0 atom stereocenters. The maximum absolute atomic E-state index is 14.8. The highest BCUT2D eigenvalue weighted by Crippen LogP contribution is 2.39. The number of fused-ring (bicyclic) bond motifs is 1. The van der Waals surface area contributed by atoms with E-state index in [0.29, 0.717) is 21.9 Å². The van der Waals surface area contributed by atoms with Crippen molar-refractivity contribution in [1.29, 1.82) is 0 Å². The molecule has 1 N–H and O–H groups in total. The number of aromatic nitrogens is 1. The SMILES string of the molecule is CC(C)(C)CC(=O)Nc1c(Cl)cc(N2CCc3nc(C(F)(F)F)sc3C2)c(F)c1F. The third-order valence-electron chi connectivity index (χ3n) is 4.41. The summed E-state index contributed by atoms with van der Waals surface area (Å²) in [6.45, 7) is 5.56. The van der Waals surface area contributed by atoms with Crippen molar-refractivity contribution in [2.24, 2.45) is 5.41 Å². The van der Waals surface area contributed by atoms with Gasteiger partial charge in [-0.2, -0.15) is 13.2 Å². The predicted octanol–water partition coefficient (Wildman–Crippen LogP) is 6.03. The van der Waals surface area contributed by atoms with Crippen LogP contribution in [0, 0.1) is 17.0 Å². The summed E-state index contributed by atoms with van der Waals surface area (Å²) in [6.07, 6.45) is -4.32. The van der Waals surface area contributed by atoms with Gasteiger partial charge in [-0.05, 0) is 11.5 Å². The molecule has 1 amide bonds. The number of carbonyl (C=O) groups is 1. The van der Waals surface area contributed by atoms with Crippen LogP contribution < -0.4 is 10.2 Å². The molecule has 164 valence electrons. The van der Waals surface area contributed by atoms with E-state index in [1.807, 2.05) is 20.8 Å². The Morgan fingerprint density at radius 1 is 1.27 bits per heavy atom. The van der Waals surface area contributed by atoms with Crippen LogP contribution in [0.5, 0.6) is 0 Å². The molecular formula is C19H19ClF5N3OS. The first-order valence-corrected chi connectivity index (χ1v) is 10.2. The molecular weight excluding hydrogens is 449 g/mol. The minimum absolute atomic E-state index is 0.0501. The molecule has 1 aromatic carbocycles. The van der Waals surface area contributed by atoms with Crippen molar-refractivity contribution in [2.75, 3.05) is 16.8 Å². The minimum Gasteiger partial charge on any atom is -0.363 e. The Kier molecular flexibility index (Phi) is 6.03. The molecule has 4 nitrogen and oxygen atoms in total. The number of alkyl halides is 3. The molecule has 30 heavy (non-hydrogen) atoms. The van der Waals surface area contributed by atoms with Gasteiger partial charge in [-0.25, -0.2) is 13.8 Å². The van der Waals surface area contributed by atoms with Gasteiger partial charge in [0.1, 0.15) is 0 Å². The third kappa shape index (κ3) is 4.85. The number of benzene rings is 1. The zero-order valence-corrected chi connectivity index (χ0v) is 18.0. The Morgan fingerprint density at radius 3 is 2.53 bits per heavy atom. The average Bonchev–Trinajstić information content (AvgIpc) is 3.04. The van der Waals surface area contributed by atoms with Crippen LogP contribution >= 0.6 is 22.9 Å². The Hall–Kier alpha value is -1.94. The molecule has 11 heteroatoms. The van der Waals surface area contributed by atoms with E-state index in [-0.39, 0.29) is 42.1 Å². The number of nitrogens with zero attached hydrogens (tertiary/aromatic N) is 2. The largest absolute Gasteiger partial charge is 0.443 e. The highest BCUT2D eigenvalue weighted by atomic mass is 35.5. The molecule has 0 saturated carbocycles. The van der Waals surface area contributed by atoms with Gasteiger partial charge in [0, 0.05) is 24.3 Å². The van der Waals surface area contributed by atoms with Gasteiger partial charge in [0.05, 0.1) is 28.6 Å². The van der Waals surface area contributed by atoms with E-state index in [4.69, 9.17) is 11.6 Å². The summed E-state index contributed by atoms with van der Waals surface area (Å²) in [5.41, 5.74) is -0.691. The number of hydrogen-bond acceptors (Lipinski definition) is 4. The fourth-order valence-corrected chi connectivity index (χ4v) is 4.34. The molecule has 0 radical (unpaired) electrons. The zero-order chi connectivity index (χ0) is 22.4. The summed E-state index contributed by atoms with van der Waals surface area (Å²) in [4.78, 5) is 17.4. The number of anilines is 2. The van der Waals surface area contributed by atoms with E-state index in [9.17, 15) is 26.7 Å². The van der Waals surface area contributed by atoms with Gasteiger partial charge in [0.25, 0.3) is 0 Å². The molecule has 1 aliphatic rings. The number of nitrogens with one attached hydrogen (secondary N) is 1. The Morgan fingerprint density at radius 2 is 1.93 bits per heavy atom. The topological polar surface area (TPSA) is 45.2 Å². The van der Waals surface area contributed by atoms with E-state index in [0.717, 1.165) is 0 Å². The molecule has 1 aliphatic heterocycles. The van der Waals surface area contributed by atoms with Crippen LogP contribution in [0.3, 0.4) is 0 Å². The maximum Gasteiger partial charge on any atom is 0.443 e. The van der Waals surface area contributed by atoms with E-state index in [2.05, 4.69) is 10.3 Å². The molecule has 0 fully saturated rings. The van der Waals surface area contributed by atoms with E-state index in [1.165, 1.54) is 11.0 Å². The van der Waals surface area contributed by atoms with Gasteiger partial charge >= 0.3 is 6.18 Å². The predicted molar refractivity (Wildman–Crippen MR) is 106 cm³/mol. The minimum atomic E-state index is -4.56. The fourth-order valence-electron chi connectivity index (χ4n) is 3.11. The van der Waals surface area contributed by atoms with Crippen molar-refractivity contribution in [3.05, 3.63) is 38.3 Å². The summed E-state index contributed by atoms with van der Waals surface area (Å²) < 4.78 is 68.1. The van der Waals surface area contributed by atoms with Crippen molar-refractivity contribution in [2.45, 2.75) is 46.3 Å². The lowest BCUT2D eigenvalue weighted by atomic mass is 9.92. The normalized spacial score (nSPS) is 14.6. The molecule has 2 aromatic rings. The van der Waals surface area contributed by atoms with Crippen LogP contribution in [0.2, 0.25) is 5.02 Å². The lowest BCUT2D eigenvalue weighted by molar-refractivity contribution is -0.137. The quantitative estimate of drug-likeness (QED) is 0.443. The van der Waals surface area contributed by atoms with Crippen LogP contribution in [0.15, 0.2) is 6.07 Å². The summed E-state index contributed by atoms with van der Waals surface area (Å²) >= 11 is 6.59. The molecule has 1 aromatic heterocycles. The van der Waals surface area contributed by atoms with E-state index < -0.39 is 34.4 Å². The van der Waals surface area contributed by atoms with E-state index in [1.54, 1.807) is 0 Å². The molecule has 0 saturated heterocycles. The van der Waals surface area contributed by atoms with Gasteiger partial charge in [-0.3, -0.25) is 4.79 Å². The number of hydrogen-bond donors (Lipinski definition) is 1. The third-order valence-corrected chi connectivity index (χ3v) is 5.83. The number of amides is 1. The first-order valence-electron chi connectivity index (χ1n) is 9.04. The number of rotatable bonds is 3. The second-order valence-corrected chi connectivity index (χ2v) is 9.72. The molecule has 0 bridgehead atoms. The second kappa shape index (κ2) is 7.96. The van der Waals surface area contributed by atoms with Crippen LogP contribution in [0.1, 0.15) is 42.8 Å². The van der Waals surface area contributed by atoms with Gasteiger partial charge < -0.3 is 10.2 Å². The monoisotopic (exact) mass is 467 g/mol. The fraction of sp³-hybridized carbons (Fsp3) is 0.474. The molecule has 0 spiro atoms. The van der Waals surface area contributed by atoms with Crippen molar-refractivity contribution in [1.82, 2.24) is 4.98 Å². The van der Waals surface area contributed by atoms with E-state index >= 15 is 0 Å². The van der Waals surface area contributed by atoms with Crippen LogP contribution in [0.4, 0.5) is 33.3 Å². The van der Waals surface area contributed by atoms with Gasteiger partial charge in [0.2, 0.25) is 5.91 Å². The van der Waals surface area contributed by atoms with Crippen molar-refractivity contribution in [3.8, 4) is 0 Å². The standard InChI is InChI=1S/C19H19ClF5N3OS/c1-18(2,3)7-13(29)27-16-9(20)6-11(14(21)15(16)22)28-5-4-10-12(8-28)30-17(26-10)19(23,24)25/h6H,4-5,7-8H2,1-3H3,(H,27,29). The van der Waals surface area contributed by atoms with Crippen LogP contribution in [0.25, 0.3) is 0 Å². The first-order chi connectivity index (χ1) is 13.8. The lowest BCUT2D eigenvalue weighted by Gasteiger charge is -2.29. The number of thiazole rings is 1. The highest BCUT2D eigenvalue weighted by molar-refractivity contribution is 7.11.